The first-order valence-electron chi connectivity index (χ1n) is 4.81. The zero-order valence-corrected chi connectivity index (χ0v) is 7.68. The van der Waals surface area contributed by atoms with Crippen molar-refractivity contribution in [1.29, 1.82) is 0 Å². The van der Waals surface area contributed by atoms with E-state index in [2.05, 4.69) is 4.98 Å². The maximum Gasteiger partial charge on any atom is 0.166 e. The van der Waals surface area contributed by atoms with Crippen LogP contribution in [0.4, 0.5) is 0 Å². The molecule has 0 bridgehead atoms. The minimum absolute atomic E-state index is 0.568. The maximum absolute atomic E-state index is 10.9. The highest BCUT2D eigenvalue weighted by Crippen LogP contribution is 2.39. The molecule has 0 atom stereocenters. The topological polar surface area (TPSA) is 34.4 Å². The number of nitrogens with zero attached hydrogens (tertiary/aromatic N) is 2. The zero-order chi connectivity index (χ0) is 9.54. The van der Waals surface area contributed by atoms with Crippen LogP contribution in [-0.2, 0) is 0 Å². The number of aromatic nitrogens is 2. The smallest absolute Gasteiger partial charge is 0.166 e. The van der Waals surface area contributed by atoms with E-state index in [1.54, 1.807) is 0 Å². The lowest BCUT2D eigenvalue weighted by atomic mass is 10.3. The molecule has 3 heteroatoms. The summed E-state index contributed by atoms with van der Waals surface area (Å²) in [6, 6.07) is 5.69. The fourth-order valence-corrected chi connectivity index (χ4v) is 1.82. The second kappa shape index (κ2) is 2.67. The van der Waals surface area contributed by atoms with Gasteiger partial charge in [-0.3, -0.25) is 9.20 Å². The van der Waals surface area contributed by atoms with Gasteiger partial charge in [0.2, 0.25) is 0 Å². The van der Waals surface area contributed by atoms with Crippen molar-refractivity contribution in [3.05, 3.63) is 35.9 Å². The Morgan fingerprint density at radius 3 is 3.00 bits per heavy atom. The zero-order valence-electron chi connectivity index (χ0n) is 7.68. The standard InChI is InChI=1S/C11H10N2O/c14-7-10-3-1-2-9-6-12-11(13(9)10)8-4-5-8/h1-3,6-8H,4-5H2. The summed E-state index contributed by atoms with van der Waals surface area (Å²) in [6.07, 6.45) is 5.12. The number of imidazole rings is 1. The van der Waals surface area contributed by atoms with Crippen LogP contribution in [0.3, 0.4) is 0 Å². The number of carbonyl (C=O) groups excluding carboxylic acids is 1. The number of hydrogen-bond donors (Lipinski definition) is 0. The van der Waals surface area contributed by atoms with Gasteiger partial charge in [0.05, 0.1) is 17.4 Å². The molecule has 2 heterocycles. The first kappa shape index (κ1) is 7.74. The van der Waals surface area contributed by atoms with Gasteiger partial charge in [-0.25, -0.2) is 4.98 Å². The summed E-state index contributed by atoms with van der Waals surface area (Å²) >= 11 is 0. The minimum Gasteiger partial charge on any atom is -0.296 e. The van der Waals surface area contributed by atoms with Gasteiger partial charge in [-0.1, -0.05) is 6.07 Å². The Bertz CT molecular complexity index is 497. The second-order valence-electron chi connectivity index (χ2n) is 3.72. The van der Waals surface area contributed by atoms with Gasteiger partial charge in [-0.15, -0.1) is 0 Å². The number of fused-ring (bicyclic) bond motifs is 1. The van der Waals surface area contributed by atoms with Gasteiger partial charge in [-0.2, -0.15) is 0 Å². The molecule has 0 amide bonds. The molecule has 1 saturated carbocycles. The van der Waals surface area contributed by atoms with Crippen LogP contribution >= 0.6 is 0 Å². The predicted octanol–water partition coefficient (Wildman–Crippen LogP) is 2.02. The highest BCUT2D eigenvalue weighted by molar-refractivity contribution is 5.74. The van der Waals surface area contributed by atoms with Crippen molar-refractivity contribution >= 4 is 11.8 Å². The fourth-order valence-electron chi connectivity index (χ4n) is 1.82. The molecule has 1 aliphatic rings. The van der Waals surface area contributed by atoms with E-state index in [9.17, 15) is 4.79 Å². The molecule has 2 aromatic rings. The molecule has 1 aliphatic carbocycles. The third kappa shape index (κ3) is 0.985. The molecule has 0 N–H and O–H groups in total. The number of aldehydes is 1. The lowest BCUT2D eigenvalue weighted by Crippen LogP contribution is -1.98. The number of hydrogen-bond acceptors (Lipinski definition) is 2. The average Bonchev–Trinajstić information content (AvgIpc) is 2.97. The Balaban J connectivity index is 2.34. The van der Waals surface area contributed by atoms with Crippen molar-refractivity contribution in [3.63, 3.8) is 0 Å². The van der Waals surface area contributed by atoms with E-state index in [0.29, 0.717) is 11.6 Å². The normalized spacial score (nSPS) is 16.0. The Morgan fingerprint density at radius 1 is 1.43 bits per heavy atom. The van der Waals surface area contributed by atoms with Gasteiger partial charge >= 0.3 is 0 Å². The summed E-state index contributed by atoms with van der Waals surface area (Å²) in [5.74, 6) is 1.61. The maximum atomic E-state index is 10.9. The van der Waals surface area contributed by atoms with Crippen molar-refractivity contribution in [2.75, 3.05) is 0 Å². The average molecular weight is 186 g/mol. The molecule has 3 rings (SSSR count). The van der Waals surface area contributed by atoms with Gasteiger partial charge in [0.15, 0.2) is 6.29 Å². The highest BCUT2D eigenvalue weighted by atomic mass is 16.1. The molecule has 3 nitrogen and oxygen atoms in total. The van der Waals surface area contributed by atoms with Crippen LogP contribution < -0.4 is 0 Å². The summed E-state index contributed by atoms with van der Waals surface area (Å²) in [7, 11) is 0. The Kier molecular flexibility index (Phi) is 1.48. The molecule has 0 aromatic carbocycles. The van der Waals surface area contributed by atoms with Crippen LogP contribution in [0, 0.1) is 0 Å². The van der Waals surface area contributed by atoms with E-state index in [1.165, 1.54) is 12.8 Å². The van der Waals surface area contributed by atoms with Gasteiger partial charge < -0.3 is 0 Å². The van der Waals surface area contributed by atoms with Crippen LogP contribution in [0.1, 0.15) is 35.1 Å². The predicted molar refractivity (Wildman–Crippen MR) is 52.6 cm³/mol. The van der Waals surface area contributed by atoms with Crippen molar-refractivity contribution in [2.45, 2.75) is 18.8 Å². The van der Waals surface area contributed by atoms with Crippen LogP contribution in [-0.4, -0.2) is 15.7 Å². The largest absolute Gasteiger partial charge is 0.296 e. The molecule has 0 aliphatic heterocycles. The van der Waals surface area contributed by atoms with Crippen LogP contribution in [0.15, 0.2) is 24.4 Å². The van der Waals surface area contributed by atoms with E-state index in [4.69, 9.17) is 0 Å². The molecule has 2 aromatic heterocycles. The Morgan fingerprint density at radius 2 is 2.29 bits per heavy atom. The van der Waals surface area contributed by atoms with Gasteiger partial charge in [0.1, 0.15) is 5.82 Å². The fraction of sp³-hybridized carbons (Fsp3) is 0.273. The first-order chi connectivity index (χ1) is 6.90. The molecular weight excluding hydrogens is 176 g/mol. The lowest BCUT2D eigenvalue weighted by Gasteiger charge is -2.01. The van der Waals surface area contributed by atoms with Crippen molar-refractivity contribution in [3.8, 4) is 0 Å². The number of pyridine rings is 1. The first-order valence-corrected chi connectivity index (χ1v) is 4.81. The van der Waals surface area contributed by atoms with Gasteiger partial charge in [-0.05, 0) is 25.0 Å². The molecule has 0 saturated heterocycles. The van der Waals surface area contributed by atoms with E-state index < -0.39 is 0 Å². The summed E-state index contributed by atoms with van der Waals surface area (Å²) < 4.78 is 1.96. The van der Waals surface area contributed by atoms with Crippen LogP contribution in [0.25, 0.3) is 5.52 Å². The summed E-state index contributed by atoms with van der Waals surface area (Å²) in [4.78, 5) is 15.2. The van der Waals surface area contributed by atoms with E-state index in [0.717, 1.165) is 17.6 Å². The van der Waals surface area contributed by atoms with Gasteiger partial charge in [0, 0.05) is 5.92 Å². The molecule has 0 radical (unpaired) electrons. The van der Waals surface area contributed by atoms with E-state index in [1.807, 2.05) is 28.8 Å². The van der Waals surface area contributed by atoms with Crippen molar-refractivity contribution < 1.29 is 4.79 Å². The van der Waals surface area contributed by atoms with Crippen LogP contribution in [0.5, 0.6) is 0 Å². The molecule has 0 spiro atoms. The van der Waals surface area contributed by atoms with E-state index in [-0.39, 0.29) is 0 Å². The van der Waals surface area contributed by atoms with Gasteiger partial charge in [0.25, 0.3) is 0 Å². The molecule has 14 heavy (non-hydrogen) atoms. The monoisotopic (exact) mass is 186 g/mol. The molecule has 1 fully saturated rings. The summed E-state index contributed by atoms with van der Waals surface area (Å²) in [5, 5.41) is 0. The van der Waals surface area contributed by atoms with Crippen molar-refractivity contribution in [1.82, 2.24) is 9.38 Å². The van der Waals surface area contributed by atoms with Crippen molar-refractivity contribution in [2.24, 2.45) is 0 Å². The molecule has 0 unspecified atom stereocenters. The Hall–Kier alpha value is -1.64. The molecular formula is C11H10N2O. The Labute approximate surface area is 81.4 Å². The summed E-state index contributed by atoms with van der Waals surface area (Å²) in [6.45, 7) is 0. The lowest BCUT2D eigenvalue weighted by molar-refractivity contribution is 0.111. The molecule has 70 valence electrons. The highest BCUT2D eigenvalue weighted by Gasteiger charge is 2.28. The summed E-state index contributed by atoms with van der Waals surface area (Å²) in [5.41, 5.74) is 1.71. The van der Waals surface area contributed by atoms with Crippen LogP contribution in [0.2, 0.25) is 0 Å². The number of carbonyl (C=O) groups is 1. The minimum atomic E-state index is 0.568. The third-order valence-electron chi connectivity index (χ3n) is 2.67. The second-order valence-corrected chi connectivity index (χ2v) is 3.72. The quantitative estimate of drug-likeness (QED) is 0.672. The van der Waals surface area contributed by atoms with E-state index >= 15 is 0 Å². The third-order valence-corrected chi connectivity index (χ3v) is 2.67. The number of rotatable bonds is 2. The SMILES string of the molecule is O=Cc1cccc2cnc(C3CC3)n12.